The summed E-state index contributed by atoms with van der Waals surface area (Å²) in [7, 11) is 0. The first kappa shape index (κ1) is 14.3. The number of nitrogens with zero attached hydrogens (tertiary/aromatic N) is 1. The maximum absolute atomic E-state index is 13.6. The summed E-state index contributed by atoms with van der Waals surface area (Å²) in [4.78, 5) is 4.60. The molecule has 0 saturated carbocycles. The third-order valence-corrected chi connectivity index (χ3v) is 5.35. The van der Waals surface area contributed by atoms with Gasteiger partial charge in [0.15, 0.2) is 0 Å². The quantitative estimate of drug-likeness (QED) is 0.778. The number of ether oxygens (including phenoxy) is 1. The summed E-state index contributed by atoms with van der Waals surface area (Å²) in [5.74, 6) is 0.414. The average Bonchev–Trinajstić information content (AvgIpc) is 2.80. The van der Waals surface area contributed by atoms with E-state index in [1.54, 1.807) is 12.1 Å². The van der Waals surface area contributed by atoms with Gasteiger partial charge in [0.25, 0.3) is 0 Å². The molecule has 21 heavy (non-hydrogen) atoms. The molecular formula is C17H16FNOSe. The fourth-order valence-corrected chi connectivity index (χ4v) is 4.16. The van der Waals surface area contributed by atoms with Crippen LogP contribution in [0.15, 0.2) is 53.5 Å². The molecular weight excluding hydrogens is 332 g/mol. The van der Waals surface area contributed by atoms with Crippen molar-refractivity contribution in [2.75, 3.05) is 6.61 Å². The monoisotopic (exact) mass is 349 g/mol. The zero-order chi connectivity index (χ0) is 14.9. The normalized spacial score (nSPS) is 16.4. The van der Waals surface area contributed by atoms with Crippen molar-refractivity contribution in [2.45, 2.75) is 19.4 Å². The van der Waals surface area contributed by atoms with Gasteiger partial charge in [0, 0.05) is 0 Å². The second kappa shape index (κ2) is 5.63. The minimum atomic E-state index is -0.218. The number of benzene rings is 2. The van der Waals surface area contributed by atoms with Gasteiger partial charge < -0.3 is 0 Å². The van der Waals surface area contributed by atoms with Crippen molar-refractivity contribution in [3.8, 4) is 0 Å². The third kappa shape index (κ3) is 3.34. The SMILES string of the molecule is CC1(C)COC(c2ccc(F)cc2[Se]c2ccccc2)=N1. The Morgan fingerprint density at radius 3 is 2.57 bits per heavy atom. The molecule has 0 aromatic heterocycles. The van der Waals surface area contributed by atoms with Gasteiger partial charge in [-0.15, -0.1) is 0 Å². The number of hydrogen-bond acceptors (Lipinski definition) is 2. The summed E-state index contributed by atoms with van der Waals surface area (Å²) >= 11 is 0.0251. The van der Waals surface area contributed by atoms with Gasteiger partial charge in [0.1, 0.15) is 0 Å². The Morgan fingerprint density at radius 1 is 1.14 bits per heavy atom. The van der Waals surface area contributed by atoms with Crippen molar-refractivity contribution in [1.82, 2.24) is 0 Å². The molecule has 108 valence electrons. The first-order valence-electron chi connectivity index (χ1n) is 6.79. The first-order chi connectivity index (χ1) is 10.0. The number of aliphatic imine (C=N–C) groups is 1. The van der Waals surface area contributed by atoms with Gasteiger partial charge in [-0.1, -0.05) is 0 Å². The topological polar surface area (TPSA) is 21.6 Å². The summed E-state index contributed by atoms with van der Waals surface area (Å²) in [6.45, 7) is 4.63. The van der Waals surface area contributed by atoms with Crippen LogP contribution in [0.3, 0.4) is 0 Å². The van der Waals surface area contributed by atoms with Crippen LogP contribution in [0.2, 0.25) is 0 Å². The van der Waals surface area contributed by atoms with E-state index in [9.17, 15) is 4.39 Å². The summed E-state index contributed by atoms with van der Waals surface area (Å²) in [6, 6.07) is 15.0. The second-order valence-corrected chi connectivity index (χ2v) is 7.91. The van der Waals surface area contributed by atoms with E-state index in [2.05, 4.69) is 17.1 Å². The van der Waals surface area contributed by atoms with Gasteiger partial charge in [-0.05, 0) is 0 Å². The molecule has 0 bridgehead atoms. The van der Waals surface area contributed by atoms with Gasteiger partial charge in [0.05, 0.1) is 0 Å². The van der Waals surface area contributed by atoms with Crippen LogP contribution in [-0.2, 0) is 4.74 Å². The van der Waals surface area contributed by atoms with Crippen molar-refractivity contribution in [3.63, 3.8) is 0 Å². The third-order valence-electron chi connectivity index (χ3n) is 3.11. The predicted molar refractivity (Wildman–Crippen MR) is 84.4 cm³/mol. The van der Waals surface area contributed by atoms with Crippen LogP contribution in [0.5, 0.6) is 0 Å². The van der Waals surface area contributed by atoms with Crippen LogP contribution in [0.25, 0.3) is 0 Å². The Morgan fingerprint density at radius 2 is 1.90 bits per heavy atom. The summed E-state index contributed by atoms with van der Waals surface area (Å²) < 4.78 is 21.5. The Hall–Kier alpha value is -1.64. The van der Waals surface area contributed by atoms with Crippen LogP contribution in [0, 0.1) is 5.82 Å². The van der Waals surface area contributed by atoms with Crippen molar-refractivity contribution in [1.29, 1.82) is 0 Å². The molecule has 1 heterocycles. The molecule has 0 saturated heterocycles. The fraction of sp³-hybridized carbons (Fsp3) is 0.235. The Labute approximate surface area is 130 Å². The van der Waals surface area contributed by atoms with Crippen LogP contribution in [-0.4, -0.2) is 33.0 Å². The molecule has 0 unspecified atom stereocenters. The Kier molecular flexibility index (Phi) is 3.83. The van der Waals surface area contributed by atoms with Gasteiger partial charge in [-0.2, -0.15) is 0 Å². The molecule has 4 heteroatoms. The standard InChI is InChI=1S/C17H16FNOSe/c1-17(2)11-20-16(19-17)14-9-8-12(18)10-15(14)21-13-6-4-3-5-7-13/h3-10H,11H2,1-2H3. The molecule has 0 atom stereocenters. The fourth-order valence-electron chi connectivity index (χ4n) is 2.10. The van der Waals surface area contributed by atoms with Crippen LogP contribution in [0.1, 0.15) is 19.4 Å². The minimum absolute atomic E-state index is 0.0251. The number of halogens is 1. The molecule has 2 nitrogen and oxygen atoms in total. The zero-order valence-corrected chi connectivity index (χ0v) is 13.7. The molecule has 2 aromatic carbocycles. The van der Waals surface area contributed by atoms with E-state index in [0.717, 1.165) is 10.0 Å². The van der Waals surface area contributed by atoms with Crippen molar-refractivity contribution < 1.29 is 9.13 Å². The molecule has 1 aliphatic rings. The van der Waals surface area contributed by atoms with Crippen LogP contribution < -0.4 is 8.92 Å². The number of rotatable bonds is 3. The summed E-state index contributed by atoms with van der Waals surface area (Å²) in [5.41, 5.74) is 0.701. The van der Waals surface area contributed by atoms with Crippen molar-refractivity contribution in [3.05, 3.63) is 59.9 Å². The van der Waals surface area contributed by atoms with E-state index in [4.69, 9.17) is 4.74 Å². The first-order valence-corrected chi connectivity index (χ1v) is 8.50. The van der Waals surface area contributed by atoms with E-state index in [1.165, 1.54) is 10.5 Å². The van der Waals surface area contributed by atoms with Crippen molar-refractivity contribution in [2.24, 2.45) is 4.99 Å². The van der Waals surface area contributed by atoms with E-state index in [0.29, 0.717) is 12.5 Å². The van der Waals surface area contributed by atoms with Gasteiger partial charge in [-0.25, -0.2) is 0 Å². The van der Waals surface area contributed by atoms with Gasteiger partial charge in [0.2, 0.25) is 0 Å². The molecule has 0 amide bonds. The molecule has 0 aliphatic carbocycles. The van der Waals surface area contributed by atoms with E-state index in [1.807, 2.05) is 32.0 Å². The van der Waals surface area contributed by atoms with E-state index < -0.39 is 0 Å². The molecule has 0 N–H and O–H groups in total. The van der Waals surface area contributed by atoms with Gasteiger partial charge >= 0.3 is 130 Å². The number of hydrogen-bond donors (Lipinski definition) is 0. The average molecular weight is 348 g/mol. The molecule has 2 aromatic rings. The van der Waals surface area contributed by atoms with Crippen LogP contribution >= 0.6 is 0 Å². The Balaban J connectivity index is 1.98. The maximum atomic E-state index is 13.6. The summed E-state index contributed by atoms with van der Waals surface area (Å²) in [5, 5.41) is 0. The Bertz CT molecular complexity index is 682. The second-order valence-electron chi connectivity index (χ2n) is 5.57. The summed E-state index contributed by atoms with van der Waals surface area (Å²) in [6.07, 6.45) is 0. The molecule has 0 spiro atoms. The molecule has 3 rings (SSSR count). The molecule has 1 aliphatic heterocycles. The molecule has 0 radical (unpaired) electrons. The van der Waals surface area contributed by atoms with E-state index in [-0.39, 0.29) is 26.3 Å². The predicted octanol–water partition coefficient (Wildman–Crippen LogP) is 2.04. The van der Waals surface area contributed by atoms with Crippen molar-refractivity contribution >= 4 is 29.8 Å². The molecule has 0 fully saturated rings. The van der Waals surface area contributed by atoms with E-state index >= 15 is 0 Å². The van der Waals surface area contributed by atoms with Crippen LogP contribution in [0.4, 0.5) is 4.39 Å². The van der Waals surface area contributed by atoms with Gasteiger partial charge in [-0.3, -0.25) is 0 Å². The zero-order valence-electron chi connectivity index (χ0n) is 12.0.